The Morgan fingerprint density at radius 3 is 2.54 bits per heavy atom. The van der Waals surface area contributed by atoms with Gasteiger partial charge in [-0.2, -0.15) is 4.98 Å². The second-order valence-electron chi connectivity index (χ2n) is 6.33. The van der Waals surface area contributed by atoms with Crippen LogP contribution in [0.15, 0.2) is 60.7 Å². The average Bonchev–Trinajstić information content (AvgIpc) is 3.46. The van der Waals surface area contributed by atoms with Crippen molar-refractivity contribution in [2.24, 2.45) is 0 Å². The molecule has 26 heavy (non-hydrogen) atoms. The summed E-state index contributed by atoms with van der Waals surface area (Å²) in [6.45, 7) is 0. The number of hydrogen-bond donors (Lipinski definition) is 3. The molecule has 1 amide bonds. The van der Waals surface area contributed by atoms with E-state index in [1.165, 1.54) is 0 Å². The fourth-order valence-corrected chi connectivity index (χ4v) is 2.61. The number of nitrogens with zero attached hydrogens (tertiary/aromatic N) is 2. The van der Waals surface area contributed by atoms with E-state index in [4.69, 9.17) is 5.73 Å². The maximum Gasteiger partial charge on any atom is 0.256 e. The molecule has 0 radical (unpaired) electrons. The van der Waals surface area contributed by atoms with Crippen LogP contribution in [0.5, 0.6) is 0 Å². The molecule has 3 aromatic rings. The summed E-state index contributed by atoms with van der Waals surface area (Å²) < 4.78 is 0. The van der Waals surface area contributed by atoms with Gasteiger partial charge in [-0.15, -0.1) is 0 Å². The standard InChI is InChI=1S/C20H19N5O/c21-15-8-4-7-14(11-15)19(26)24-18-12-17(13-5-2-1-3-6-13)23-20(25-18)22-16-9-10-16/h1-8,11-12,16H,9-10,21H2,(H2,22,23,24,25,26). The largest absolute Gasteiger partial charge is 0.399 e. The Labute approximate surface area is 151 Å². The lowest BCUT2D eigenvalue weighted by molar-refractivity contribution is 0.102. The SMILES string of the molecule is Nc1cccc(C(=O)Nc2cc(-c3ccccc3)nc(NC3CC3)n2)c1. The van der Waals surface area contributed by atoms with Crippen LogP contribution in [0.3, 0.4) is 0 Å². The van der Waals surface area contributed by atoms with Crippen molar-refractivity contribution in [3.63, 3.8) is 0 Å². The number of nitrogens with one attached hydrogen (secondary N) is 2. The molecule has 6 nitrogen and oxygen atoms in total. The molecular weight excluding hydrogens is 326 g/mol. The average molecular weight is 345 g/mol. The third-order valence-corrected chi connectivity index (χ3v) is 4.10. The number of carbonyl (C=O) groups is 1. The molecule has 1 aliphatic rings. The van der Waals surface area contributed by atoms with Crippen molar-refractivity contribution in [2.45, 2.75) is 18.9 Å². The molecule has 6 heteroatoms. The van der Waals surface area contributed by atoms with Crippen LogP contribution in [0.4, 0.5) is 17.5 Å². The highest BCUT2D eigenvalue weighted by molar-refractivity contribution is 6.04. The van der Waals surface area contributed by atoms with Gasteiger partial charge in [-0.05, 0) is 31.0 Å². The summed E-state index contributed by atoms with van der Waals surface area (Å²) in [5.74, 6) is 0.721. The minimum Gasteiger partial charge on any atom is -0.399 e. The van der Waals surface area contributed by atoms with Crippen LogP contribution >= 0.6 is 0 Å². The first-order valence-electron chi connectivity index (χ1n) is 8.55. The van der Waals surface area contributed by atoms with E-state index in [-0.39, 0.29) is 5.91 Å². The first kappa shape index (κ1) is 16.1. The van der Waals surface area contributed by atoms with Crippen LogP contribution in [0.2, 0.25) is 0 Å². The molecule has 0 aliphatic heterocycles. The maximum absolute atomic E-state index is 12.5. The molecule has 2 aromatic carbocycles. The minimum atomic E-state index is -0.257. The van der Waals surface area contributed by atoms with E-state index in [0.717, 1.165) is 24.1 Å². The summed E-state index contributed by atoms with van der Waals surface area (Å²) in [7, 11) is 0. The summed E-state index contributed by atoms with van der Waals surface area (Å²) in [4.78, 5) is 21.5. The topological polar surface area (TPSA) is 92.9 Å². The molecule has 0 unspecified atom stereocenters. The van der Waals surface area contributed by atoms with E-state index in [2.05, 4.69) is 20.6 Å². The summed E-state index contributed by atoms with van der Waals surface area (Å²) in [6, 6.07) is 18.9. The van der Waals surface area contributed by atoms with Crippen molar-refractivity contribution in [1.29, 1.82) is 0 Å². The van der Waals surface area contributed by atoms with Gasteiger partial charge in [0.05, 0.1) is 5.69 Å². The second-order valence-corrected chi connectivity index (χ2v) is 6.33. The molecule has 130 valence electrons. The number of amides is 1. The maximum atomic E-state index is 12.5. The predicted molar refractivity (Wildman–Crippen MR) is 103 cm³/mol. The number of nitrogen functional groups attached to an aromatic ring is 1. The molecule has 1 aromatic heterocycles. The third-order valence-electron chi connectivity index (χ3n) is 4.10. The lowest BCUT2D eigenvalue weighted by Gasteiger charge is -2.11. The van der Waals surface area contributed by atoms with Crippen molar-refractivity contribution < 1.29 is 4.79 Å². The predicted octanol–water partition coefficient (Wildman–Crippen LogP) is 3.55. The van der Waals surface area contributed by atoms with Crippen LogP contribution in [0.1, 0.15) is 23.2 Å². The minimum absolute atomic E-state index is 0.257. The molecule has 1 saturated carbocycles. The van der Waals surface area contributed by atoms with Gasteiger partial charge < -0.3 is 16.4 Å². The highest BCUT2D eigenvalue weighted by atomic mass is 16.1. The van der Waals surface area contributed by atoms with Crippen LogP contribution in [-0.4, -0.2) is 21.9 Å². The van der Waals surface area contributed by atoms with Gasteiger partial charge in [-0.3, -0.25) is 4.79 Å². The first-order valence-corrected chi connectivity index (χ1v) is 8.55. The number of aromatic nitrogens is 2. The summed E-state index contributed by atoms with van der Waals surface area (Å²) in [5.41, 5.74) is 8.51. The Morgan fingerprint density at radius 2 is 1.81 bits per heavy atom. The Hall–Kier alpha value is -3.41. The van der Waals surface area contributed by atoms with Crippen LogP contribution in [0.25, 0.3) is 11.3 Å². The fraction of sp³-hybridized carbons (Fsp3) is 0.150. The van der Waals surface area contributed by atoms with E-state index < -0.39 is 0 Å². The first-order chi connectivity index (χ1) is 12.7. The zero-order valence-corrected chi connectivity index (χ0v) is 14.1. The van der Waals surface area contributed by atoms with E-state index >= 15 is 0 Å². The Kier molecular flexibility index (Phi) is 4.23. The number of hydrogen-bond acceptors (Lipinski definition) is 5. The molecule has 0 atom stereocenters. The monoisotopic (exact) mass is 345 g/mol. The molecule has 1 aliphatic carbocycles. The van der Waals surface area contributed by atoms with Crippen molar-refractivity contribution >= 4 is 23.4 Å². The number of benzene rings is 2. The van der Waals surface area contributed by atoms with Gasteiger partial charge in [0.25, 0.3) is 5.91 Å². The van der Waals surface area contributed by atoms with Crippen molar-refractivity contribution in [3.05, 3.63) is 66.2 Å². The lowest BCUT2D eigenvalue weighted by Crippen LogP contribution is -2.15. The molecule has 1 fully saturated rings. The second kappa shape index (κ2) is 6.84. The van der Waals surface area contributed by atoms with Crippen LogP contribution in [-0.2, 0) is 0 Å². The van der Waals surface area contributed by atoms with Crippen LogP contribution in [0, 0.1) is 0 Å². The molecule has 4 N–H and O–H groups in total. The molecule has 1 heterocycles. The molecule has 0 bridgehead atoms. The molecule has 0 spiro atoms. The highest BCUT2D eigenvalue weighted by Gasteiger charge is 2.22. The molecule has 0 saturated heterocycles. The van der Waals surface area contributed by atoms with Gasteiger partial charge in [0.1, 0.15) is 5.82 Å². The number of rotatable bonds is 5. The van der Waals surface area contributed by atoms with E-state index in [1.807, 2.05) is 30.3 Å². The molecule has 4 rings (SSSR count). The van der Waals surface area contributed by atoms with Gasteiger partial charge >= 0.3 is 0 Å². The normalized spacial score (nSPS) is 13.2. The van der Waals surface area contributed by atoms with Crippen LogP contribution < -0.4 is 16.4 Å². The van der Waals surface area contributed by atoms with Gasteiger partial charge in [-0.1, -0.05) is 36.4 Å². The Bertz CT molecular complexity index is 938. The smallest absolute Gasteiger partial charge is 0.256 e. The third kappa shape index (κ3) is 3.80. The van der Waals surface area contributed by atoms with Gasteiger partial charge in [-0.25, -0.2) is 4.98 Å². The number of carbonyl (C=O) groups excluding carboxylic acids is 1. The van der Waals surface area contributed by atoms with E-state index in [0.29, 0.717) is 29.1 Å². The van der Waals surface area contributed by atoms with E-state index in [1.54, 1.807) is 30.3 Å². The van der Waals surface area contributed by atoms with Gasteiger partial charge in [0, 0.05) is 28.9 Å². The Morgan fingerprint density at radius 1 is 1.00 bits per heavy atom. The zero-order valence-electron chi connectivity index (χ0n) is 14.1. The quantitative estimate of drug-likeness (QED) is 0.615. The van der Waals surface area contributed by atoms with Crippen molar-refractivity contribution in [3.8, 4) is 11.3 Å². The fourth-order valence-electron chi connectivity index (χ4n) is 2.61. The lowest BCUT2D eigenvalue weighted by atomic mass is 10.1. The number of nitrogens with two attached hydrogens (primary N) is 1. The Balaban J connectivity index is 1.64. The highest BCUT2D eigenvalue weighted by Crippen LogP contribution is 2.26. The molecular formula is C20H19N5O. The summed E-state index contributed by atoms with van der Waals surface area (Å²) in [5, 5.41) is 6.14. The van der Waals surface area contributed by atoms with Gasteiger partial charge in [0.15, 0.2) is 0 Å². The zero-order chi connectivity index (χ0) is 17.9. The van der Waals surface area contributed by atoms with E-state index in [9.17, 15) is 4.79 Å². The summed E-state index contributed by atoms with van der Waals surface area (Å²) >= 11 is 0. The van der Waals surface area contributed by atoms with Crippen molar-refractivity contribution in [1.82, 2.24) is 9.97 Å². The number of anilines is 3. The summed E-state index contributed by atoms with van der Waals surface area (Å²) in [6.07, 6.45) is 2.23. The van der Waals surface area contributed by atoms with Crippen molar-refractivity contribution in [2.75, 3.05) is 16.4 Å². The van der Waals surface area contributed by atoms with Gasteiger partial charge in [0.2, 0.25) is 5.95 Å².